The number of rotatable bonds is 25. The molecule has 1 fully saturated rings. The number of hydrogen-bond acceptors (Lipinski definition) is 11. The molecule has 1 aromatic carbocycles. The number of nitrogens with two attached hydrogens (primary N) is 3. The number of carbonyl (C=O) groups is 9. The molecule has 1 heterocycles. The van der Waals surface area contributed by atoms with E-state index in [9.17, 15) is 53.4 Å². The predicted molar refractivity (Wildman–Crippen MR) is 209 cm³/mol. The molecular weight excluding hydrogens is 758 g/mol. The standard InChI is InChI=1S/C38H59N9O11/c1-21(2)18-28(46-33(52)24(40)20-30(41)48)37(56)47-17-9-13-29(47)36(55)43-25(14-15-31(49)50)34(53)45-27(19-23-10-5-4-6-11-23)35(54)42-22(3)32(51)44-26(38(57)58)12-7-8-16-39/h4-6,10-11,21-22,24-29H,7-9,12-20,39-40H2,1-3H3,(H2,41,48)(H,42,54)(H,43,55)(H,44,51)(H,45,53)(H,46,52)(H,49,50)(H,57,58)/t22-,24-,25-,26-,27-,28-,29-/m0/s1. The van der Waals surface area contributed by atoms with Gasteiger partial charge in [0, 0.05) is 19.4 Å². The van der Waals surface area contributed by atoms with Crippen molar-refractivity contribution < 1.29 is 53.4 Å². The largest absolute Gasteiger partial charge is 0.481 e. The summed E-state index contributed by atoms with van der Waals surface area (Å²) in [6, 6.07) is -0.297. The Morgan fingerprint density at radius 3 is 1.98 bits per heavy atom. The summed E-state index contributed by atoms with van der Waals surface area (Å²) in [7, 11) is 0. The highest BCUT2D eigenvalue weighted by Gasteiger charge is 2.40. The van der Waals surface area contributed by atoms with Gasteiger partial charge in [-0.05, 0) is 69.9 Å². The van der Waals surface area contributed by atoms with Gasteiger partial charge < -0.3 is 58.9 Å². The first-order chi connectivity index (χ1) is 27.3. The normalized spacial score (nSPS) is 16.8. The monoisotopic (exact) mass is 817 g/mol. The van der Waals surface area contributed by atoms with Gasteiger partial charge in [0.1, 0.15) is 36.3 Å². The first-order valence-corrected chi connectivity index (χ1v) is 19.4. The Bertz CT molecular complexity index is 1610. The molecule has 0 spiro atoms. The molecule has 0 bridgehead atoms. The highest BCUT2D eigenvalue weighted by Crippen LogP contribution is 2.21. The van der Waals surface area contributed by atoms with Gasteiger partial charge in [-0.2, -0.15) is 0 Å². The van der Waals surface area contributed by atoms with Crippen LogP contribution in [-0.4, -0.2) is 124 Å². The first kappa shape index (κ1) is 48.5. The Morgan fingerprint density at radius 1 is 0.776 bits per heavy atom. The van der Waals surface area contributed by atoms with E-state index in [1.54, 1.807) is 30.3 Å². The molecule has 20 nitrogen and oxygen atoms in total. The zero-order chi connectivity index (χ0) is 43.5. The molecule has 0 aliphatic carbocycles. The van der Waals surface area contributed by atoms with Crippen LogP contribution < -0.4 is 43.8 Å². The van der Waals surface area contributed by atoms with E-state index in [2.05, 4.69) is 26.6 Å². The average molecular weight is 818 g/mol. The van der Waals surface area contributed by atoms with Crippen LogP contribution in [0.3, 0.4) is 0 Å². The Morgan fingerprint density at radius 2 is 1.40 bits per heavy atom. The SMILES string of the molecule is CC(C)C[C@H](NC(=O)[C@@H](N)CC(N)=O)C(=O)N1CCC[C@H]1C(=O)N[C@@H](CCC(=O)O)C(=O)N[C@@H](Cc1ccccc1)C(=O)N[C@@H](C)C(=O)N[C@@H](CCCCN)C(=O)O. The lowest BCUT2D eigenvalue weighted by atomic mass is 10.0. The number of aliphatic carboxylic acids is 2. The number of carboxylic acid groups (broad SMARTS) is 2. The van der Waals surface area contributed by atoms with Gasteiger partial charge >= 0.3 is 11.9 Å². The third-order valence-corrected chi connectivity index (χ3v) is 9.43. The van der Waals surface area contributed by atoms with Crippen molar-refractivity contribution in [3.8, 4) is 0 Å². The van der Waals surface area contributed by atoms with Gasteiger partial charge in [-0.3, -0.25) is 38.4 Å². The summed E-state index contributed by atoms with van der Waals surface area (Å²) in [6.07, 6.45) is 0.376. The molecule has 2 rings (SSSR count). The quantitative estimate of drug-likeness (QED) is 0.0478. The number of nitrogens with one attached hydrogen (secondary N) is 5. The molecular formula is C38H59N9O11. The summed E-state index contributed by atoms with van der Waals surface area (Å²) in [5, 5.41) is 31.6. The maximum absolute atomic E-state index is 13.9. The Balaban J connectivity index is 2.29. The second-order valence-electron chi connectivity index (χ2n) is 14.8. The number of benzene rings is 1. The van der Waals surface area contributed by atoms with Crippen LogP contribution in [0.2, 0.25) is 0 Å². The molecule has 0 radical (unpaired) electrons. The summed E-state index contributed by atoms with van der Waals surface area (Å²) >= 11 is 0. The highest BCUT2D eigenvalue weighted by molar-refractivity contribution is 5.97. The summed E-state index contributed by atoms with van der Waals surface area (Å²) in [5.41, 5.74) is 17.0. The Hall–Kier alpha value is -5.63. The summed E-state index contributed by atoms with van der Waals surface area (Å²) < 4.78 is 0. The molecule has 13 N–H and O–H groups in total. The minimum absolute atomic E-state index is 0.0832. The minimum atomic E-state index is -1.49. The van der Waals surface area contributed by atoms with Gasteiger partial charge in [0.05, 0.1) is 12.5 Å². The van der Waals surface area contributed by atoms with Crippen molar-refractivity contribution in [2.45, 2.75) is 127 Å². The van der Waals surface area contributed by atoms with Gasteiger partial charge in [0.25, 0.3) is 0 Å². The van der Waals surface area contributed by atoms with Crippen molar-refractivity contribution in [2.24, 2.45) is 23.1 Å². The third-order valence-electron chi connectivity index (χ3n) is 9.43. The smallest absolute Gasteiger partial charge is 0.326 e. The van der Waals surface area contributed by atoms with Crippen LogP contribution in [0.5, 0.6) is 0 Å². The zero-order valence-corrected chi connectivity index (χ0v) is 33.2. The highest BCUT2D eigenvalue weighted by atomic mass is 16.4. The van der Waals surface area contributed by atoms with Gasteiger partial charge in [0.15, 0.2) is 0 Å². The molecule has 20 heteroatoms. The van der Waals surface area contributed by atoms with Crippen molar-refractivity contribution in [3.05, 3.63) is 35.9 Å². The van der Waals surface area contributed by atoms with Crippen LogP contribution in [0, 0.1) is 5.92 Å². The maximum atomic E-state index is 13.9. The molecule has 7 atom stereocenters. The van der Waals surface area contributed by atoms with Crippen LogP contribution >= 0.6 is 0 Å². The predicted octanol–water partition coefficient (Wildman–Crippen LogP) is -2.01. The minimum Gasteiger partial charge on any atom is -0.481 e. The molecule has 7 amide bonds. The second-order valence-corrected chi connectivity index (χ2v) is 14.8. The van der Waals surface area contributed by atoms with E-state index >= 15 is 0 Å². The molecule has 0 saturated carbocycles. The van der Waals surface area contributed by atoms with Crippen LogP contribution in [0.15, 0.2) is 30.3 Å². The number of carboxylic acids is 2. The number of primary amides is 1. The first-order valence-electron chi connectivity index (χ1n) is 19.4. The number of unbranched alkanes of at least 4 members (excludes halogenated alkanes) is 1. The molecule has 1 aromatic rings. The molecule has 1 aliphatic heterocycles. The number of carbonyl (C=O) groups excluding carboxylic acids is 7. The van der Waals surface area contributed by atoms with E-state index in [0.717, 1.165) is 0 Å². The van der Waals surface area contributed by atoms with Crippen molar-refractivity contribution in [1.29, 1.82) is 0 Å². The molecule has 58 heavy (non-hydrogen) atoms. The van der Waals surface area contributed by atoms with Crippen LogP contribution in [0.1, 0.15) is 84.1 Å². The van der Waals surface area contributed by atoms with Crippen molar-refractivity contribution >= 4 is 53.3 Å². The van der Waals surface area contributed by atoms with Crippen molar-refractivity contribution in [2.75, 3.05) is 13.1 Å². The van der Waals surface area contributed by atoms with E-state index < -0.39 is 115 Å². The van der Waals surface area contributed by atoms with Crippen LogP contribution in [0.25, 0.3) is 0 Å². The molecule has 1 saturated heterocycles. The lowest BCUT2D eigenvalue weighted by Gasteiger charge is -2.31. The van der Waals surface area contributed by atoms with Crippen LogP contribution in [-0.2, 0) is 49.6 Å². The van der Waals surface area contributed by atoms with E-state index in [1.807, 2.05) is 13.8 Å². The van der Waals surface area contributed by atoms with Crippen molar-refractivity contribution in [1.82, 2.24) is 31.5 Å². The fourth-order valence-electron chi connectivity index (χ4n) is 6.35. The second kappa shape index (κ2) is 24.2. The fourth-order valence-corrected chi connectivity index (χ4v) is 6.35. The fraction of sp³-hybridized carbons (Fsp3) is 0.605. The topological polar surface area (TPSA) is 336 Å². The lowest BCUT2D eigenvalue weighted by Crippen LogP contribution is -2.59. The maximum Gasteiger partial charge on any atom is 0.326 e. The van der Waals surface area contributed by atoms with E-state index in [4.69, 9.17) is 17.2 Å². The molecule has 1 aliphatic rings. The van der Waals surface area contributed by atoms with Crippen molar-refractivity contribution in [3.63, 3.8) is 0 Å². The Labute approximate surface area is 337 Å². The van der Waals surface area contributed by atoms with Gasteiger partial charge in [-0.25, -0.2) is 4.79 Å². The number of likely N-dealkylation sites (tertiary alicyclic amines) is 1. The van der Waals surface area contributed by atoms with Gasteiger partial charge in [0.2, 0.25) is 41.4 Å². The molecule has 0 unspecified atom stereocenters. The van der Waals surface area contributed by atoms with Crippen LogP contribution in [0.4, 0.5) is 0 Å². The molecule has 322 valence electrons. The van der Waals surface area contributed by atoms with E-state index in [0.29, 0.717) is 31.4 Å². The number of nitrogens with zero attached hydrogens (tertiary/aromatic N) is 1. The summed E-state index contributed by atoms with van der Waals surface area (Å²) in [4.78, 5) is 117. The number of amides is 7. The summed E-state index contributed by atoms with van der Waals surface area (Å²) in [6.45, 7) is 5.45. The van der Waals surface area contributed by atoms with E-state index in [-0.39, 0.29) is 38.1 Å². The van der Waals surface area contributed by atoms with Gasteiger partial charge in [-0.15, -0.1) is 0 Å². The summed E-state index contributed by atoms with van der Waals surface area (Å²) in [5.74, 6) is -8.11. The zero-order valence-electron chi connectivity index (χ0n) is 33.2. The average Bonchev–Trinajstić information content (AvgIpc) is 3.65. The van der Waals surface area contributed by atoms with Gasteiger partial charge in [-0.1, -0.05) is 44.2 Å². The Kier molecular flexibility index (Phi) is 20.3. The lowest BCUT2D eigenvalue weighted by molar-refractivity contribution is -0.143. The van der Waals surface area contributed by atoms with E-state index in [1.165, 1.54) is 11.8 Å². The molecule has 0 aromatic heterocycles. The third kappa shape index (κ3) is 16.5. The number of hydrogen-bond donors (Lipinski definition) is 10.